The Morgan fingerprint density at radius 1 is 1.10 bits per heavy atom. The minimum Gasteiger partial charge on any atom is -0.466 e. The fourth-order valence-corrected chi connectivity index (χ4v) is 2.87. The molecule has 1 aromatic carbocycles. The Morgan fingerprint density at radius 2 is 1.76 bits per heavy atom. The summed E-state index contributed by atoms with van der Waals surface area (Å²) in [5, 5.41) is 0. The van der Waals surface area contributed by atoms with Gasteiger partial charge in [-0.25, -0.2) is 4.79 Å². The third kappa shape index (κ3) is 4.05. The van der Waals surface area contributed by atoms with E-state index in [2.05, 4.69) is 55.8 Å². The second-order valence-corrected chi connectivity index (χ2v) is 7.00. The lowest BCUT2D eigenvalue weighted by atomic mass is 9.86. The Morgan fingerprint density at radius 3 is 2.33 bits per heavy atom. The average Bonchev–Trinajstić information content (AvgIpc) is 2.93. The number of methoxy groups -OCH3 is 1. The number of carbonyl (C=O) groups is 1. The fraction of sp³-hybridized carbons (Fsp3) is 0.278. The predicted molar refractivity (Wildman–Crippen MR) is 89.5 cm³/mol. The van der Waals surface area contributed by atoms with Crippen LogP contribution in [0.3, 0.4) is 0 Å². The van der Waals surface area contributed by atoms with Crippen LogP contribution in [0.1, 0.15) is 31.2 Å². The van der Waals surface area contributed by atoms with Crippen molar-refractivity contribution >= 4 is 23.4 Å². The number of rotatable bonds is 3. The highest BCUT2D eigenvalue weighted by Gasteiger charge is 2.13. The van der Waals surface area contributed by atoms with Gasteiger partial charge in [-0.1, -0.05) is 45.0 Å². The van der Waals surface area contributed by atoms with Crippen LogP contribution < -0.4 is 0 Å². The molecule has 2 aromatic rings. The standard InChI is InChI=1S/C18H20O2S/c1-18(2,3)14-7-5-13(6-8-14)16-11-9-15(21-16)10-12-17(19)20-4/h5-12H,1-4H3. The molecule has 21 heavy (non-hydrogen) atoms. The molecule has 0 aliphatic heterocycles. The van der Waals surface area contributed by atoms with E-state index in [4.69, 9.17) is 0 Å². The Bertz CT molecular complexity index is 643. The van der Waals surface area contributed by atoms with E-state index in [9.17, 15) is 4.79 Å². The van der Waals surface area contributed by atoms with Crippen LogP contribution in [0.5, 0.6) is 0 Å². The minimum absolute atomic E-state index is 0.169. The number of hydrogen-bond donors (Lipinski definition) is 0. The highest BCUT2D eigenvalue weighted by atomic mass is 32.1. The van der Waals surface area contributed by atoms with Gasteiger partial charge in [-0.3, -0.25) is 0 Å². The second-order valence-electron chi connectivity index (χ2n) is 5.89. The first kappa shape index (κ1) is 15.5. The van der Waals surface area contributed by atoms with Crippen molar-refractivity contribution in [3.63, 3.8) is 0 Å². The van der Waals surface area contributed by atoms with E-state index in [1.807, 2.05) is 6.07 Å². The molecule has 0 bridgehead atoms. The molecule has 0 amide bonds. The second kappa shape index (κ2) is 6.27. The molecule has 0 saturated carbocycles. The number of carbonyl (C=O) groups excluding carboxylic acids is 1. The van der Waals surface area contributed by atoms with Gasteiger partial charge in [-0.2, -0.15) is 0 Å². The van der Waals surface area contributed by atoms with Gasteiger partial charge in [0, 0.05) is 15.8 Å². The van der Waals surface area contributed by atoms with Crippen LogP contribution >= 0.6 is 11.3 Å². The molecule has 2 rings (SSSR count). The molecule has 3 heteroatoms. The molecule has 110 valence electrons. The molecule has 0 unspecified atom stereocenters. The Labute approximate surface area is 130 Å². The summed E-state index contributed by atoms with van der Waals surface area (Å²) < 4.78 is 4.59. The summed E-state index contributed by atoms with van der Waals surface area (Å²) in [7, 11) is 1.38. The van der Waals surface area contributed by atoms with Gasteiger partial charge in [-0.15, -0.1) is 11.3 Å². The summed E-state index contributed by atoms with van der Waals surface area (Å²) in [5.74, 6) is -0.334. The first-order chi connectivity index (χ1) is 9.90. The summed E-state index contributed by atoms with van der Waals surface area (Å²) in [6, 6.07) is 12.8. The van der Waals surface area contributed by atoms with Crippen LogP contribution in [-0.2, 0) is 14.9 Å². The monoisotopic (exact) mass is 300 g/mol. The largest absolute Gasteiger partial charge is 0.466 e. The van der Waals surface area contributed by atoms with Crippen molar-refractivity contribution in [3.8, 4) is 10.4 Å². The summed E-state index contributed by atoms with van der Waals surface area (Å²) in [6.45, 7) is 6.63. The quantitative estimate of drug-likeness (QED) is 0.595. The zero-order chi connectivity index (χ0) is 15.5. The first-order valence-corrected chi connectivity index (χ1v) is 7.68. The third-order valence-electron chi connectivity index (χ3n) is 3.25. The normalized spacial score (nSPS) is 11.8. The smallest absolute Gasteiger partial charge is 0.330 e. The first-order valence-electron chi connectivity index (χ1n) is 6.87. The predicted octanol–water partition coefficient (Wildman–Crippen LogP) is 4.90. The summed E-state index contributed by atoms with van der Waals surface area (Å²) >= 11 is 1.66. The van der Waals surface area contributed by atoms with Crippen LogP contribution in [0.4, 0.5) is 0 Å². The van der Waals surface area contributed by atoms with Gasteiger partial charge in [0.05, 0.1) is 7.11 Å². The summed E-state index contributed by atoms with van der Waals surface area (Å²) in [6.07, 6.45) is 3.22. The fourth-order valence-electron chi connectivity index (χ4n) is 1.95. The third-order valence-corrected chi connectivity index (χ3v) is 4.35. The van der Waals surface area contributed by atoms with Crippen molar-refractivity contribution in [2.24, 2.45) is 0 Å². The summed E-state index contributed by atoms with van der Waals surface area (Å²) in [5.41, 5.74) is 2.70. The number of ether oxygens (including phenoxy) is 1. The lowest BCUT2D eigenvalue weighted by Crippen LogP contribution is -2.10. The van der Waals surface area contributed by atoms with Crippen LogP contribution in [0.25, 0.3) is 16.5 Å². The molecule has 0 fully saturated rings. The van der Waals surface area contributed by atoms with Gasteiger partial charge in [0.25, 0.3) is 0 Å². The molecule has 1 heterocycles. The molecule has 0 spiro atoms. The number of esters is 1. The molecule has 0 aliphatic rings. The van der Waals surface area contributed by atoms with E-state index >= 15 is 0 Å². The Hall–Kier alpha value is -1.87. The highest BCUT2D eigenvalue weighted by molar-refractivity contribution is 7.16. The zero-order valence-corrected chi connectivity index (χ0v) is 13.7. The molecule has 1 aromatic heterocycles. The minimum atomic E-state index is -0.334. The topological polar surface area (TPSA) is 26.3 Å². The maximum absolute atomic E-state index is 11.1. The van der Waals surface area contributed by atoms with Crippen LogP contribution in [0.15, 0.2) is 42.5 Å². The van der Waals surface area contributed by atoms with E-state index in [1.165, 1.54) is 29.2 Å². The van der Waals surface area contributed by atoms with E-state index in [1.54, 1.807) is 17.4 Å². The van der Waals surface area contributed by atoms with Crippen molar-refractivity contribution in [2.75, 3.05) is 7.11 Å². The maximum Gasteiger partial charge on any atom is 0.330 e. The van der Waals surface area contributed by atoms with Gasteiger partial charge >= 0.3 is 5.97 Å². The molecular formula is C18H20O2S. The SMILES string of the molecule is COC(=O)C=Cc1ccc(-c2ccc(C(C)(C)C)cc2)s1. The number of thiophene rings is 1. The van der Waals surface area contributed by atoms with Crippen LogP contribution in [-0.4, -0.2) is 13.1 Å². The molecule has 0 aliphatic carbocycles. The van der Waals surface area contributed by atoms with Crippen LogP contribution in [0, 0.1) is 0 Å². The highest BCUT2D eigenvalue weighted by Crippen LogP contribution is 2.31. The Kier molecular flexibility index (Phi) is 4.63. The summed E-state index contributed by atoms with van der Waals surface area (Å²) in [4.78, 5) is 13.3. The van der Waals surface area contributed by atoms with Gasteiger partial charge in [0.1, 0.15) is 0 Å². The average molecular weight is 300 g/mol. The van der Waals surface area contributed by atoms with E-state index in [0.717, 1.165) is 4.88 Å². The molecule has 2 nitrogen and oxygen atoms in total. The van der Waals surface area contributed by atoms with Crippen molar-refractivity contribution in [1.82, 2.24) is 0 Å². The lowest BCUT2D eigenvalue weighted by molar-refractivity contribution is -0.134. The van der Waals surface area contributed by atoms with Crippen molar-refractivity contribution in [3.05, 3.63) is 52.9 Å². The van der Waals surface area contributed by atoms with E-state index in [-0.39, 0.29) is 11.4 Å². The van der Waals surface area contributed by atoms with Crippen molar-refractivity contribution in [2.45, 2.75) is 26.2 Å². The van der Waals surface area contributed by atoms with Gasteiger partial charge in [0.15, 0.2) is 0 Å². The van der Waals surface area contributed by atoms with E-state index < -0.39 is 0 Å². The molecule has 0 saturated heterocycles. The van der Waals surface area contributed by atoms with Gasteiger partial charge < -0.3 is 4.74 Å². The van der Waals surface area contributed by atoms with Crippen molar-refractivity contribution in [1.29, 1.82) is 0 Å². The van der Waals surface area contributed by atoms with Crippen LogP contribution in [0.2, 0.25) is 0 Å². The van der Waals surface area contributed by atoms with Crippen molar-refractivity contribution < 1.29 is 9.53 Å². The molecular weight excluding hydrogens is 280 g/mol. The number of benzene rings is 1. The lowest BCUT2D eigenvalue weighted by Gasteiger charge is -2.18. The zero-order valence-electron chi connectivity index (χ0n) is 12.8. The molecule has 0 N–H and O–H groups in total. The van der Waals surface area contributed by atoms with Gasteiger partial charge in [0.2, 0.25) is 0 Å². The Balaban J connectivity index is 2.18. The number of hydrogen-bond acceptors (Lipinski definition) is 3. The van der Waals surface area contributed by atoms with Gasteiger partial charge in [-0.05, 0) is 34.8 Å². The molecule has 0 radical (unpaired) electrons. The molecule has 0 atom stereocenters. The maximum atomic E-state index is 11.1. The van der Waals surface area contributed by atoms with E-state index in [0.29, 0.717) is 0 Å².